The molecule has 0 atom stereocenters. The van der Waals surface area contributed by atoms with Crippen molar-refractivity contribution in [3.63, 3.8) is 0 Å². The molecule has 0 radical (unpaired) electrons. The van der Waals surface area contributed by atoms with E-state index in [1.54, 1.807) is 0 Å². The zero-order chi connectivity index (χ0) is 16.7. The highest BCUT2D eigenvalue weighted by Crippen LogP contribution is 2.29. The summed E-state index contributed by atoms with van der Waals surface area (Å²) < 4.78 is 0. The number of hydrogen-bond donors (Lipinski definition) is 0. The van der Waals surface area contributed by atoms with E-state index in [1.165, 1.54) is 36.8 Å². The van der Waals surface area contributed by atoms with Crippen molar-refractivity contribution >= 4 is 0 Å². The van der Waals surface area contributed by atoms with E-state index in [2.05, 4.69) is 66.6 Å². The monoisotopic (exact) mass is 293 g/mol. The fourth-order valence-corrected chi connectivity index (χ4v) is 2.30. The first-order chi connectivity index (χ1) is 9.53. The third-order valence-electron chi connectivity index (χ3n) is 4.96. The van der Waals surface area contributed by atoms with Crippen LogP contribution < -0.4 is 0 Å². The van der Waals surface area contributed by atoms with Gasteiger partial charge in [-0.3, -0.25) is 4.90 Å². The Bertz CT molecular complexity index is 330. The number of rotatable bonds is 10. The second-order valence-electron chi connectivity index (χ2n) is 8.00. The molecule has 1 nitrogen and oxygen atoms in total. The van der Waals surface area contributed by atoms with Gasteiger partial charge in [0, 0.05) is 12.1 Å². The highest BCUT2D eigenvalue weighted by Gasteiger charge is 2.27. The number of hydrogen-bond acceptors (Lipinski definition) is 1. The zero-order valence-electron chi connectivity index (χ0n) is 15.8. The Labute approximate surface area is 134 Å². The van der Waals surface area contributed by atoms with Crippen molar-refractivity contribution in [1.82, 2.24) is 4.90 Å². The van der Waals surface area contributed by atoms with Crippen molar-refractivity contribution < 1.29 is 0 Å². The van der Waals surface area contributed by atoms with E-state index in [-0.39, 0.29) is 11.0 Å². The largest absolute Gasteiger partial charge is 0.297 e. The zero-order valence-corrected chi connectivity index (χ0v) is 15.8. The highest BCUT2D eigenvalue weighted by molar-refractivity contribution is 5.14. The number of likely N-dealkylation sites (N-methyl/N-ethyl adjacent to an activating group) is 1. The molecule has 0 rings (SSSR count). The molecule has 0 fully saturated rings. The van der Waals surface area contributed by atoms with E-state index in [9.17, 15) is 0 Å². The standard InChI is InChI=1S/C20H39N/c1-10-11-12-13-14-18(3)20(7,8)21(9)16-15-17(2)19(4,5)6/h2-3,10-16H2,1,4-9H3. The van der Waals surface area contributed by atoms with Crippen LogP contribution >= 0.6 is 0 Å². The Morgan fingerprint density at radius 3 is 1.90 bits per heavy atom. The van der Waals surface area contributed by atoms with Gasteiger partial charge in [-0.1, -0.05) is 71.3 Å². The van der Waals surface area contributed by atoms with E-state index < -0.39 is 0 Å². The van der Waals surface area contributed by atoms with E-state index >= 15 is 0 Å². The fourth-order valence-electron chi connectivity index (χ4n) is 2.30. The molecule has 0 heterocycles. The normalized spacial score (nSPS) is 12.8. The first-order valence-corrected chi connectivity index (χ1v) is 8.61. The Morgan fingerprint density at radius 2 is 1.43 bits per heavy atom. The quantitative estimate of drug-likeness (QED) is 0.341. The van der Waals surface area contributed by atoms with Crippen molar-refractivity contribution in [2.45, 2.75) is 85.6 Å². The van der Waals surface area contributed by atoms with Crippen LogP contribution in [0.4, 0.5) is 0 Å². The van der Waals surface area contributed by atoms with Gasteiger partial charge >= 0.3 is 0 Å². The maximum absolute atomic E-state index is 4.36. The third-order valence-corrected chi connectivity index (χ3v) is 4.96. The lowest BCUT2D eigenvalue weighted by molar-refractivity contribution is 0.187. The van der Waals surface area contributed by atoms with Crippen LogP contribution in [0.5, 0.6) is 0 Å². The molecular weight excluding hydrogens is 254 g/mol. The molecular formula is C20H39N. The van der Waals surface area contributed by atoms with Gasteiger partial charge in [0.1, 0.15) is 0 Å². The summed E-state index contributed by atoms with van der Waals surface area (Å²) in [4.78, 5) is 2.44. The average molecular weight is 294 g/mol. The number of unbranched alkanes of at least 4 members (excludes halogenated alkanes) is 3. The average Bonchev–Trinajstić information content (AvgIpc) is 2.38. The van der Waals surface area contributed by atoms with Crippen molar-refractivity contribution in [3.8, 4) is 0 Å². The van der Waals surface area contributed by atoms with Gasteiger partial charge in [0.25, 0.3) is 0 Å². The van der Waals surface area contributed by atoms with Crippen molar-refractivity contribution in [1.29, 1.82) is 0 Å². The molecule has 0 N–H and O–H groups in total. The smallest absolute Gasteiger partial charge is 0.0358 e. The molecule has 124 valence electrons. The topological polar surface area (TPSA) is 3.24 Å². The lowest BCUT2D eigenvalue weighted by atomic mass is 9.84. The molecule has 1 heteroatoms. The van der Waals surface area contributed by atoms with Gasteiger partial charge in [-0.15, -0.1) is 0 Å². The molecule has 0 aromatic rings. The van der Waals surface area contributed by atoms with Gasteiger partial charge in [-0.05, 0) is 45.6 Å². The predicted molar refractivity (Wildman–Crippen MR) is 97.8 cm³/mol. The second kappa shape index (κ2) is 8.78. The minimum Gasteiger partial charge on any atom is -0.297 e. The summed E-state index contributed by atoms with van der Waals surface area (Å²) in [5.74, 6) is 0. The molecule has 0 aliphatic rings. The van der Waals surface area contributed by atoms with Crippen LogP contribution in [0, 0.1) is 5.41 Å². The molecule has 0 aromatic carbocycles. The molecule has 21 heavy (non-hydrogen) atoms. The Balaban J connectivity index is 4.34. The Morgan fingerprint density at radius 1 is 0.857 bits per heavy atom. The molecule has 0 aliphatic carbocycles. The van der Waals surface area contributed by atoms with E-state index in [1.807, 2.05) is 0 Å². The summed E-state index contributed by atoms with van der Waals surface area (Å²) in [6.07, 6.45) is 7.46. The first-order valence-electron chi connectivity index (χ1n) is 8.61. The van der Waals surface area contributed by atoms with Crippen molar-refractivity contribution in [2.75, 3.05) is 13.6 Å². The fraction of sp³-hybridized carbons (Fsp3) is 0.800. The van der Waals surface area contributed by atoms with Crippen LogP contribution in [0.3, 0.4) is 0 Å². The van der Waals surface area contributed by atoms with Crippen molar-refractivity contribution in [2.24, 2.45) is 5.41 Å². The summed E-state index contributed by atoms with van der Waals surface area (Å²) in [6, 6.07) is 0. The molecule has 0 unspecified atom stereocenters. The number of nitrogens with zero attached hydrogens (tertiary/aromatic N) is 1. The van der Waals surface area contributed by atoms with Gasteiger partial charge in [0.2, 0.25) is 0 Å². The maximum Gasteiger partial charge on any atom is 0.0358 e. The summed E-state index contributed by atoms with van der Waals surface area (Å²) in [5.41, 5.74) is 2.98. The van der Waals surface area contributed by atoms with Crippen LogP contribution in [0.25, 0.3) is 0 Å². The summed E-state index contributed by atoms with van der Waals surface area (Å²) in [7, 11) is 2.22. The van der Waals surface area contributed by atoms with Crippen LogP contribution in [-0.2, 0) is 0 Å². The molecule has 0 spiro atoms. The van der Waals surface area contributed by atoms with Gasteiger partial charge < -0.3 is 0 Å². The Kier molecular flexibility index (Phi) is 8.54. The van der Waals surface area contributed by atoms with Crippen molar-refractivity contribution in [3.05, 3.63) is 24.3 Å². The maximum atomic E-state index is 4.36. The Hall–Kier alpha value is -0.560. The SMILES string of the molecule is C=C(CCN(C)C(C)(C)C(=C)CCCCCC)C(C)(C)C. The molecule has 0 amide bonds. The second-order valence-corrected chi connectivity index (χ2v) is 8.00. The summed E-state index contributed by atoms with van der Waals surface area (Å²) in [6.45, 7) is 23.2. The molecule has 0 bridgehead atoms. The van der Waals surface area contributed by atoms with Gasteiger partial charge in [-0.2, -0.15) is 0 Å². The van der Waals surface area contributed by atoms with E-state index in [4.69, 9.17) is 0 Å². The lowest BCUT2D eigenvalue weighted by Gasteiger charge is -2.38. The third kappa shape index (κ3) is 7.31. The van der Waals surface area contributed by atoms with Crippen LogP contribution in [0.15, 0.2) is 24.3 Å². The van der Waals surface area contributed by atoms with Gasteiger partial charge in [0.05, 0.1) is 0 Å². The minimum absolute atomic E-state index is 0.0738. The molecule has 0 aromatic heterocycles. The van der Waals surface area contributed by atoms with Crippen LogP contribution in [0.1, 0.15) is 80.1 Å². The molecule has 0 aliphatic heterocycles. The van der Waals surface area contributed by atoms with Crippen LogP contribution in [-0.4, -0.2) is 24.0 Å². The van der Waals surface area contributed by atoms with Crippen LogP contribution in [0.2, 0.25) is 0 Å². The minimum atomic E-state index is 0.0738. The summed E-state index contributed by atoms with van der Waals surface area (Å²) >= 11 is 0. The molecule has 0 saturated heterocycles. The van der Waals surface area contributed by atoms with E-state index in [0.29, 0.717) is 0 Å². The van der Waals surface area contributed by atoms with Gasteiger partial charge in [0.15, 0.2) is 0 Å². The predicted octanol–water partition coefficient (Wildman–Crippen LogP) is 6.22. The highest BCUT2D eigenvalue weighted by atomic mass is 15.2. The van der Waals surface area contributed by atoms with E-state index in [0.717, 1.165) is 19.4 Å². The first kappa shape index (κ1) is 20.4. The summed E-state index contributed by atoms with van der Waals surface area (Å²) in [5, 5.41) is 0. The lowest BCUT2D eigenvalue weighted by Crippen LogP contribution is -2.43. The molecule has 0 saturated carbocycles. The van der Waals surface area contributed by atoms with Gasteiger partial charge in [-0.25, -0.2) is 0 Å².